The summed E-state index contributed by atoms with van der Waals surface area (Å²) in [6, 6.07) is 7.12. The average Bonchev–Trinajstić information content (AvgIpc) is 3.32. The summed E-state index contributed by atoms with van der Waals surface area (Å²) in [5, 5.41) is 8.55. The first kappa shape index (κ1) is 16.1. The molecule has 25 heavy (non-hydrogen) atoms. The fourth-order valence-electron chi connectivity index (χ4n) is 3.23. The van der Waals surface area contributed by atoms with Crippen molar-refractivity contribution in [3.05, 3.63) is 35.5 Å². The van der Waals surface area contributed by atoms with Gasteiger partial charge in [0.1, 0.15) is 0 Å². The van der Waals surface area contributed by atoms with Gasteiger partial charge >= 0.3 is 0 Å². The van der Waals surface area contributed by atoms with Gasteiger partial charge < -0.3 is 4.74 Å². The minimum atomic E-state index is -3.25. The van der Waals surface area contributed by atoms with Crippen LogP contribution in [0.3, 0.4) is 0 Å². The summed E-state index contributed by atoms with van der Waals surface area (Å²) in [5.41, 5.74) is 4.25. The molecule has 4 rings (SSSR count). The number of ether oxygens (including phenoxy) is 1. The number of benzene rings is 1. The molecule has 6 nitrogen and oxygen atoms in total. The summed E-state index contributed by atoms with van der Waals surface area (Å²) in [6.45, 7) is 1.80. The summed E-state index contributed by atoms with van der Waals surface area (Å²) < 4.78 is 29.1. The van der Waals surface area contributed by atoms with E-state index in [1.807, 2.05) is 12.1 Å². The number of methoxy groups -OCH3 is 1. The summed E-state index contributed by atoms with van der Waals surface area (Å²) in [5.74, 6) is 0.983. The molecule has 0 bridgehead atoms. The zero-order chi connectivity index (χ0) is 17.8. The van der Waals surface area contributed by atoms with Crippen LogP contribution in [-0.2, 0) is 9.84 Å². The van der Waals surface area contributed by atoms with Crippen molar-refractivity contribution in [2.75, 3.05) is 13.4 Å². The third kappa shape index (κ3) is 2.78. The molecular formula is C18H19N3O3S. The molecule has 7 heteroatoms. The molecule has 1 aliphatic rings. The standard InChI is InChI=1S/C18H19N3O3S/c1-10-8-12(6-7-14(10)25(3,22)23)17-16-13(9-15(19-17)24-2)20-21-18(16)11-4-5-11/h6-9,11H,4-5H2,1-3H3,(H,20,21). The Balaban J connectivity index is 1.96. The van der Waals surface area contributed by atoms with Gasteiger partial charge in [-0.05, 0) is 37.5 Å². The van der Waals surface area contributed by atoms with Crippen molar-refractivity contribution in [2.45, 2.75) is 30.6 Å². The van der Waals surface area contributed by atoms with Crippen molar-refractivity contribution in [3.8, 4) is 17.1 Å². The lowest BCUT2D eigenvalue weighted by molar-refractivity contribution is 0.399. The molecule has 1 N–H and O–H groups in total. The Morgan fingerprint density at radius 1 is 1.24 bits per heavy atom. The first-order valence-corrected chi connectivity index (χ1v) is 10.0. The number of sulfone groups is 1. The largest absolute Gasteiger partial charge is 0.481 e. The van der Waals surface area contributed by atoms with Crippen LogP contribution in [0.5, 0.6) is 5.88 Å². The molecule has 130 valence electrons. The maximum atomic E-state index is 11.9. The van der Waals surface area contributed by atoms with Crippen LogP contribution in [0.2, 0.25) is 0 Å². The zero-order valence-corrected chi connectivity index (χ0v) is 15.1. The molecule has 2 heterocycles. The molecule has 1 aliphatic carbocycles. The second kappa shape index (κ2) is 5.56. The van der Waals surface area contributed by atoms with E-state index in [2.05, 4.69) is 15.2 Å². The lowest BCUT2D eigenvalue weighted by atomic mass is 10.0. The van der Waals surface area contributed by atoms with Crippen LogP contribution >= 0.6 is 0 Å². The van der Waals surface area contributed by atoms with Gasteiger partial charge in [0.2, 0.25) is 5.88 Å². The molecule has 0 saturated heterocycles. The van der Waals surface area contributed by atoms with Crippen LogP contribution < -0.4 is 4.74 Å². The summed E-state index contributed by atoms with van der Waals surface area (Å²) in [6.07, 6.45) is 3.52. The van der Waals surface area contributed by atoms with Crippen LogP contribution in [0, 0.1) is 6.92 Å². The van der Waals surface area contributed by atoms with E-state index in [0.717, 1.165) is 40.7 Å². The molecule has 0 radical (unpaired) electrons. The van der Waals surface area contributed by atoms with Crippen LogP contribution in [0.25, 0.3) is 22.2 Å². The molecule has 3 aromatic rings. The van der Waals surface area contributed by atoms with Crippen LogP contribution in [-0.4, -0.2) is 37.0 Å². The van der Waals surface area contributed by atoms with Crippen LogP contribution in [0.1, 0.15) is 30.0 Å². The van der Waals surface area contributed by atoms with Crippen LogP contribution in [0.15, 0.2) is 29.2 Å². The number of aromatic amines is 1. The summed E-state index contributed by atoms with van der Waals surface area (Å²) in [4.78, 5) is 4.97. The van der Waals surface area contributed by atoms with Crippen molar-refractivity contribution in [2.24, 2.45) is 0 Å². The highest BCUT2D eigenvalue weighted by Gasteiger charge is 2.29. The predicted octanol–water partition coefficient (Wildman–Crippen LogP) is 3.22. The van der Waals surface area contributed by atoms with Gasteiger partial charge in [-0.25, -0.2) is 13.4 Å². The van der Waals surface area contributed by atoms with E-state index in [1.165, 1.54) is 6.26 Å². The quantitative estimate of drug-likeness (QED) is 0.775. The maximum Gasteiger partial charge on any atom is 0.215 e. The lowest BCUT2D eigenvalue weighted by Gasteiger charge is -2.10. The smallest absolute Gasteiger partial charge is 0.215 e. The zero-order valence-electron chi connectivity index (χ0n) is 14.3. The number of nitrogens with zero attached hydrogens (tertiary/aromatic N) is 2. The van der Waals surface area contributed by atoms with Gasteiger partial charge in [-0.2, -0.15) is 5.10 Å². The summed E-state index contributed by atoms with van der Waals surface area (Å²) >= 11 is 0. The Kier molecular flexibility index (Phi) is 3.57. The number of aromatic nitrogens is 3. The van der Waals surface area contributed by atoms with E-state index < -0.39 is 9.84 Å². The molecule has 0 amide bonds. The number of pyridine rings is 1. The first-order valence-electron chi connectivity index (χ1n) is 8.12. The molecule has 1 saturated carbocycles. The number of fused-ring (bicyclic) bond motifs is 1. The number of hydrogen-bond donors (Lipinski definition) is 1. The van der Waals surface area contributed by atoms with Crippen molar-refractivity contribution in [1.29, 1.82) is 0 Å². The molecule has 0 atom stereocenters. The van der Waals surface area contributed by atoms with Gasteiger partial charge in [-0.3, -0.25) is 5.10 Å². The number of aryl methyl sites for hydroxylation is 1. The Morgan fingerprint density at radius 2 is 2.00 bits per heavy atom. The van der Waals surface area contributed by atoms with Gasteiger partial charge in [0, 0.05) is 34.9 Å². The van der Waals surface area contributed by atoms with Gasteiger partial charge in [-0.1, -0.05) is 6.07 Å². The lowest BCUT2D eigenvalue weighted by Crippen LogP contribution is -2.00. The molecular weight excluding hydrogens is 338 g/mol. The monoisotopic (exact) mass is 357 g/mol. The van der Waals surface area contributed by atoms with Gasteiger partial charge in [0.05, 0.1) is 23.2 Å². The van der Waals surface area contributed by atoms with Crippen LogP contribution in [0.4, 0.5) is 0 Å². The topological polar surface area (TPSA) is 84.9 Å². The van der Waals surface area contributed by atoms with Crippen molar-refractivity contribution >= 4 is 20.7 Å². The van der Waals surface area contributed by atoms with Crippen molar-refractivity contribution in [1.82, 2.24) is 15.2 Å². The van der Waals surface area contributed by atoms with Crippen molar-refractivity contribution < 1.29 is 13.2 Å². The second-order valence-corrected chi connectivity index (χ2v) is 8.56. The number of hydrogen-bond acceptors (Lipinski definition) is 5. The van der Waals surface area contributed by atoms with Gasteiger partial charge in [0.15, 0.2) is 9.84 Å². The molecule has 1 fully saturated rings. The summed E-state index contributed by atoms with van der Waals surface area (Å²) in [7, 11) is -1.68. The highest BCUT2D eigenvalue weighted by atomic mass is 32.2. The minimum Gasteiger partial charge on any atom is -0.481 e. The Morgan fingerprint density at radius 3 is 2.60 bits per heavy atom. The maximum absolute atomic E-state index is 11.9. The highest BCUT2D eigenvalue weighted by molar-refractivity contribution is 7.90. The average molecular weight is 357 g/mol. The number of nitrogens with one attached hydrogen (secondary N) is 1. The first-order chi connectivity index (χ1) is 11.9. The molecule has 0 spiro atoms. The number of H-pyrrole nitrogens is 1. The normalized spacial score (nSPS) is 14.8. The van der Waals surface area contributed by atoms with E-state index in [9.17, 15) is 8.42 Å². The Hall–Kier alpha value is -2.41. The highest BCUT2D eigenvalue weighted by Crippen LogP contribution is 2.44. The van der Waals surface area contributed by atoms with Gasteiger partial charge in [-0.15, -0.1) is 0 Å². The second-order valence-electron chi connectivity index (χ2n) is 6.57. The van der Waals surface area contributed by atoms with E-state index in [4.69, 9.17) is 4.74 Å². The third-order valence-electron chi connectivity index (χ3n) is 4.58. The molecule has 0 unspecified atom stereocenters. The number of rotatable bonds is 4. The minimum absolute atomic E-state index is 0.338. The van der Waals surface area contributed by atoms with E-state index >= 15 is 0 Å². The Labute approximate surface area is 146 Å². The molecule has 0 aliphatic heterocycles. The van der Waals surface area contributed by atoms with E-state index in [0.29, 0.717) is 22.3 Å². The van der Waals surface area contributed by atoms with Gasteiger partial charge in [0.25, 0.3) is 0 Å². The third-order valence-corrected chi connectivity index (χ3v) is 5.84. The van der Waals surface area contributed by atoms with E-state index in [-0.39, 0.29) is 0 Å². The Bertz CT molecular complexity index is 1080. The molecule has 1 aromatic carbocycles. The molecule has 2 aromatic heterocycles. The fourth-order valence-corrected chi connectivity index (χ4v) is 4.19. The SMILES string of the molecule is COc1cc2n[nH]c(C3CC3)c2c(-c2ccc(S(C)(=O)=O)c(C)c2)n1. The predicted molar refractivity (Wildman–Crippen MR) is 95.7 cm³/mol. The van der Waals surface area contributed by atoms with E-state index in [1.54, 1.807) is 26.2 Å². The van der Waals surface area contributed by atoms with Crippen molar-refractivity contribution in [3.63, 3.8) is 0 Å². The fraction of sp³-hybridized carbons (Fsp3) is 0.333.